The van der Waals surface area contributed by atoms with Crippen molar-refractivity contribution in [3.05, 3.63) is 45.7 Å². The number of carbonyl (C=O) groups is 2. The highest BCUT2D eigenvalue weighted by molar-refractivity contribution is 9.10. The third-order valence-corrected chi connectivity index (χ3v) is 4.16. The second kappa shape index (κ2) is 8.25. The summed E-state index contributed by atoms with van der Waals surface area (Å²) in [5.41, 5.74) is 2.59. The number of hydrogen-bond acceptors (Lipinski definition) is 5. The summed E-state index contributed by atoms with van der Waals surface area (Å²) < 4.78 is 0.940. The van der Waals surface area contributed by atoms with Gasteiger partial charge < -0.3 is 10.6 Å². The molecular formula is C16H17BrN4O2S. The summed E-state index contributed by atoms with van der Waals surface area (Å²) >= 11 is 4.73. The summed E-state index contributed by atoms with van der Waals surface area (Å²) in [6, 6.07) is 7.14. The minimum absolute atomic E-state index is 0.133. The summed E-state index contributed by atoms with van der Waals surface area (Å²) in [6.07, 6.45) is 1.84. The van der Waals surface area contributed by atoms with E-state index in [1.807, 2.05) is 25.3 Å². The molecule has 2 N–H and O–H groups in total. The van der Waals surface area contributed by atoms with Crippen LogP contribution in [-0.4, -0.2) is 34.6 Å². The van der Waals surface area contributed by atoms with E-state index in [1.165, 1.54) is 11.8 Å². The highest BCUT2D eigenvalue weighted by Gasteiger charge is 2.12. The van der Waals surface area contributed by atoms with Crippen molar-refractivity contribution in [3.63, 3.8) is 0 Å². The fraction of sp³-hybridized carbons (Fsp3) is 0.250. The molecule has 2 aromatic rings. The van der Waals surface area contributed by atoms with Gasteiger partial charge in [0, 0.05) is 15.9 Å². The standard InChI is InChI=1S/C16H17BrN4O2S/c1-9-6-11(17)4-5-12(9)20-14(22)8-18-15(23)13-7-10(2)19-16(21-13)24-3/h4-7H,8H2,1-3H3,(H,18,23)(H,20,22). The van der Waals surface area contributed by atoms with Crippen LogP contribution in [0.1, 0.15) is 21.7 Å². The lowest BCUT2D eigenvalue weighted by Gasteiger charge is -2.10. The van der Waals surface area contributed by atoms with Crippen LogP contribution in [0.2, 0.25) is 0 Å². The third-order valence-electron chi connectivity index (χ3n) is 3.12. The van der Waals surface area contributed by atoms with Crippen molar-refractivity contribution in [2.75, 3.05) is 18.1 Å². The molecule has 0 radical (unpaired) electrons. The zero-order valence-corrected chi connectivity index (χ0v) is 15.9. The van der Waals surface area contributed by atoms with E-state index in [2.05, 4.69) is 36.5 Å². The number of nitrogens with zero attached hydrogens (tertiary/aromatic N) is 2. The normalized spacial score (nSPS) is 10.3. The van der Waals surface area contributed by atoms with E-state index < -0.39 is 5.91 Å². The second-order valence-electron chi connectivity index (χ2n) is 5.07. The van der Waals surface area contributed by atoms with Crippen LogP contribution >= 0.6 is 27.7 Å². The van der Waals surface area contributed by atoms with Gasteiger partial charge in [-0.1, -0.05) is 27.7 Å². The highest BCUT2D eigenvalue weighted by Crippen LogP contribution is 2.19. The van der Waals surface area contributed by atoms with Gasteiger partial charge in [0.2, 0.25) is 5.91 Å². The van der Waals surface area contributed by atoms with Crippen molar-refractivity contribution in [1.82, 2.24) is 15.3 Å². The van der Waals surface area contributed by atoms with Gasteiger partial charge in [0.15, 0.2) is 5.16 Å². The lowest BCUT2D eigenvalue weighted by molar-refractivity contribution is -0.115. The van der Waals surface area contributed by atoms with Gasteiger partial charge >= 0.3 is 0 Å². The van der Waals surface area contributed by atoms with Gasteiger partial charge in [-0.3, -0.25) is 9.59 Å². The van der Waals surface area contributed by atoms with E-state index in [4.69, 9.17) is 0 Å². The fourth-order valence-electron chi connectivity index (χ4n) is 1.96. The number of amides is 2. The summed E-state index contributed by atoms with van der Waals surface area (Å²) in [7, 11) is 0. The number of thioether (sulfide) groups is 1. The molecule has 0 aliphatic heterocycles. The molecule has 0 spiro atoms. The van der Waals surface area contributed by atoms with E-state index in [9.17, 15) is 9.59 Å². The number of anilines is 1. The van der Waals surface area contributed by atoms with Crippen LogP contribution in [0.5, 0.6) is 0 Å². The minimum atomic E-state index is -0.404. The average molecular weight is 409 g/mol. The number of rotatable bonds is 5. The Balaban J connectivity index is 1.96. The van der Waals surface area contributed by atoms with Crippen molar-refractivity contribution >= 4 is 45.2 Å². The number of nitrogens with one attached hydrogen (secondary N) is 2. The highest BCUT2D eigenvalue weighted by atomic mass is 79.9. The molecule has 0 saturated heterocycles. The molecule has 6 nitrogen and oxygen atoms in total. The van der Waals surface area contributed by atoms with Gasteiger partial charge in [-0.25, -0.2) is 9.97 Å². The minimum Gasteiger partial charge on any atom is -0.342 e. The van der Waals surface area contributed by atoms with Gasteiger partial charge in [-0.15, -0.1) is 0 Å². The lowest BCUT2D eigenvalue weighted by atomic mass is 10.2. The largest absolute Gasteiger partial charge is 0.342 e. The Bertz CT molecular complexity index is 783. The number of aromatic nitrogens is 2. The SMILES string of the molecule is CSc1nc(C)cc(C(=O)NCC(=O)Nc2ccc(Br)cc2C)n1. The average Bonchev–Trinajstić information content (AvgIpc) is 2.54. The van der Waals surface area contributed by atoms with Crippen LogP contribution in [-0.2, 0) is 4.79 Å². The quantitative estimate of drug-likeness (QED) is 0.586. The molecule has 0 saturated carbocycles. The molecule has 24 heavy (non-hydrogen) atoms. The molecule has 0 bridgehead atoms. The van der Waals surface area contributed by atoms with Gasteiger partial charge in [-0.2, -0.15) is 0 Å². The molecule has 0 unspecified atom stereocenters. The van der Waals surface area contributed by atoms with Crippen LogP contribution in [0.15, 0.2) is 33.9 Å². The molecule has 2 rings (SSSR count). The first kappa shape index (κ1) is 18.4. The molecule has 1 aromatic carbocycles. The first-order chi connectivity index (χ1) is 11.4. The number of aryl methyl sites for hydroxylation is 2. The van der Waals surface area contributed by atoms with E-state index in [0.29, 0.717) is 16.5 Å². The van der Waals surface area contributed by atoms with Crippen molar-refractivity contribution in [3.8, 4) is 0 Å². The Labute approximate surface area is 153 Å². The molecule has 0 atom stereocenters. The predicted molar refractivity (Wildman–Crippen MR) is 98.4 cm³/mol. The Morgan fingerprint density at radius 1 is 1.21 bits per heavy atom. The summed E-state index contributed by atoms with van der Waals surface area (Å²) in [5.74, 6) is -0.705. The number of halogens is 1. The lowest BCUT2D eigenvalue weighted by Crippen LogP contribution is -2.33. The van der Waals surface area contributed by atoms with Gasteiger partial charge in [0.25, 0.3) is 5.91 Å². The van der Waals surface area contributed by atoms with Crippen molar-refractivity contribution in [2.24, 2.45) is 0 Å². The van der Waals surface area contributed by atoms with Crippen molar-refractivity contribution < 1.29 is 9.59 Å². The smallest absolute Gasteiger partial charge is 0.270 e. The third kappa shape index (κ3) is 5.04. The molecule has 0 aliphatic carbocycles. The van der Waals surface area contributed by atoms with Crippen LogP contribution < -0.4 is 10.6 Å². The molecule has 1 aromatic heterocycles. The van der Waals surface area contributed by atoms with E-state index in [0.717, 1.165) is 10.0 Å². The Morgan fingerprint density at radius 3 is 2.62 bits per heavy atom. The Hall–Kier alpha value is -1.93. The van der Waals surface area contributed by atoms with Crippen LogP contribution in [0.3, 0.4) is 0 Å². The molecule has 0 aliphatic rings. The maximum Gasteiger partial charge on any atom is 0.270 e. The zero-order valence-electron chi connectivity index (χ0n) is 13.5. The summed E-state index contributed by atoms with van der Waals surface area (Å²) in [5, 5.41) is 5.86. The Kier molecular flexibility index (Phi) is 6.33. The summed E-state index contributed by atoms with van der Waals surface area (Å²) in [4.78, 5) is 32.5. The van der Waals surface area contributed by atoms with Gasteiger partial charge in [0.1, 0.15) is 5.69 Å². The second-order valence-corrected chi connectivity index (χ2v) is 6.76. The maximum atomic E-state index is 12.1. The number of hydrogen-bond donors (Lipinski definition) is 2. The molecular weight excluding hydrogens is 392 g/mol. The first-order valence-electron chi connectivity index (χ1n) is 7.13. The molecule has 1 heterocycles. The van der Waals surface area contributed by atoms with Crippen molar-refractivity contribution in [1.29, 1.82) is 0 Å². The van der Waals surface area contributed by atoms with E-state index in [1.54, 1.807) is 19.1 Å². The van der Waals surface area contributed by atoms with E-state index >= 15 is 0 Å². The van der Waals surface area contributed by atoms with Gasteiger partial charge in [0.05, 0.1) is 6.54 Å². The van der Waals surface area contributed by atoms with Gasteiger partial charge in [-0.05, 0) is 49.9 Å². The topological polar surface area (TPSA) is 84.0 Å². The zero-order chi connectivity index (χ0) is 17.7. The van der Waals surface area contributed by atoms with Crippen LogP contribution in [0.4, 0.5) is 5.69 Å². The van der Waals surface area contributed by atoms with Crippen LogP contribution in [0, 0.1) is 13.8 Å². The molecule has 0 fully saturated rings. The monoisotopic (exact) mass is 408 g/mol. The van der Waals surface area contributed by atoms with E-state index in [-0.39, 0.29) is 18.1 Å². The first-order valence-corrected chi connectivity index (χ1v) is 9.14. The van der Waals surface area contributed by atoms with Crippen molar-refractivity contribution in [2.45, 2.75) is 19.0 Å². The molecule has 8 heteroatoms. The molecule has 126 valence electrons. The number of benzene rings is 1. The number of carbonyl (C=O) groups excluding carboxylic acids is 2. The predicted octanol–water partition coefficient (Wildman–Crippen LogP) is 2.95. The Morgan fingerprint density at radius 2 is 1.96 bits per heavy atom. The molecule has 2 amide bonds. The fourth-order valence-corrected chi connectivity index (χ4v) is 2.86. The summed E-state index contributed by atoms with van der Waals surface area (Å²) in [6.45, 7) is 3.56. The van der Waals surface area contributed by atoms with Crippen LogP contribution in [0.25, 0.3) is 0 Å². The maximum absolute atomic E-state index is 12.1.